The van der Waals surface area contributed by atoms with Crippen LogP contribution in [0.15, 0.2) is 35.6 Å². The Morgan fingerprint density at radius 2 is 2.43 bits per heavy atom. The van der Waals surface area contributed by atoms with Gasteiger partial charge in [-0.1, -0.05) is 25.5 Å². The van der Waals surface area contributed by atoms with Crippen molar-refractivity contribution in [3.8, 4) is 0 Å². The summed E-state index contributed by atoms with van der Waals surface area (Å²) < 4.78 is 0. The molecule has 0 saturated heterocycles. The normalized spacial score (nSPS) is 11.5. The molecule has 1 aromatic rings. The lowest BCUT2D eigenvalue weighted by Gasteiger charge is -1.88. The van der Waals surface area contributed by atoms with Gasteiger partial charge in [-0.15, -0.1) is 0 Å². The molecule has 0 N–H and O–H groups in total. The summed E-state index contributed by atoms with van der Waals surface area (Å²) in [4.78, 5) is 8.26. The minimum Gasteiger partial charge on any atom is -0.293 e. The van der Waals surface area contributed by atoms with Crippen molar-refractivity contribution in [3.05, 3.63) is 36.2 Å². The monoisotopic (exact) mass is 188 g/mol. The average Bonchev–Trinajstić information content (AvgIpc) is 2.25. The van der Waals surface area contributed by atoms with Crippen LogP contribution in [0.25, 0.3) is 6.08 Å². The Balaban J connectivity index is 2.31. The van der Waals surface area contributed by atoms with Crippen LogP contribution < -0.4 is 0 Å². The smallest absolute Gasteiger partial charge is 0.0389 e. The van der Waals surface area contributed by atoms with Crippen LogP contribution in [0, 0.1) is 0 Å². The fourth-order valence-corrected chi connectivity index (χ4v) is 1.01. The van der Waals surface area contributed by atoms with Crippen molar-refractivity contribution in [2.45, 2.75) is 19.8 Å². The summed E-state index contributed by atoms with van der Waals surface area (Å²) >= 11 is 0. The summed E-state index contributed by atoms with van der Waals surface area (Å²) in [5.74, 6) is 0. The molecule has 1 heterocycles. The number of nitrogens with zero attached hydrogens (tertiary/aromatic N) is 2. The first-order chi connectivity index (χ1) is 6.93. The standard InChI is InChI=1S/C12H16N2/c1-2-3-8-13-9-4-6-12-7-5-10-14-11-12/h4-7,9-11H,2-3,8H2,1H3. The number of unbranched alkanes of at least 4 members (excludes halogenated alkanes) is 1. The number of hydrogen-bond donors (Lipinski definition) is 0. The van der Waals surface area contributed by atoms with Crippen molar-refractivity contribution >= 4 is 12.3 Å². The predicted molar refractivity (Wildman–Crippen MR) is 61.5 cm³/mol. The molecule has 0 bridgehead atoms. The van der Waals surface area contributed by atoms with Gasteiger partial charge in [-0.3, -0.25) is 9.98 Å². The summed E-state index contributed by atoms with van der Waals surface area (Å²) in [6.45, 7) is 3.09. The Labute approximate surface area is 85.4 Å². The molecule has 2 heteroatoms. The van der Waals surface area contributed by atoms with Crippen molar-refractivity contribution in [1.29, 1.82) is 0 Å². The molecule has 0 amide bonds. The van der Waals surface area contributed by atoms with Crippen molar-refractivity contribution in [2.24, 2.45) is 4.99 Å². The molecular weight excluding hydrogens is 172 g/mol. The quantitative estimate of drug-likeness (QED) is 0.515. The number of rotatable bonds is 5. The van der Waals surface area contributed by atoms with E-state index in [1.54, 1.807) is 6.20 Å². The van der Waals surface area contributed by atoms with Crippen molar-refractivity contribution in [1.82, 2.24) is 4.98 Å². The minimum absolute atomic E-state index is 0.924. The number of aromatic nitrogens is 1. The van der Waals surface area contributed by atoms with E-state index in [9.17, 15) is 0 Å². The molecule has 2 nitrogen and oxygen atoms in total. The van der Waals surface area contributed by atoms with Gasteiger partial charge in [0.15, 0.2) is 0 Å². The largest absolute Gasteiger partial charge is 0.293 e. The lowest BCUT2D eigenvalue weighted by atomic mass is 10.3. The Morgan fingerprint density at radius 1 is 1.50 bits per heavy atom. The second-order valence-corrected chi connectivity index (χ2v) is 3.05. The van der Waals surface area contributed by atoms with E-state index >= 15 is 0 Å². The van der Waals surface area contributed by atoms with Crippen LogP contribution in [0.2, 0.25) is 0 Å². The third kappa shape index (κ3) is 4.55. The van der Waals surface area contributed by atoms with Crippen molar-refractivity contribution < 1.29 is 0 Å². The molecule has 0 spiro atoms. The zero-order valence-electron chi connectivity index (χ0n) is 8.56. The first kappa shape index (κ1) is 10.6. The number of pyridine rings is 1. The lowest BCUT2D eigenvalue weighted by molar-refractivity contribution is 0.810. The van der Waals surface area contributed by atoms with Crippen LogP contribution >= 0.6 is 0 Å². The topological polar surface area (TPSA) is 25.2 Å². The zero-order chi connectivity index (χ0) is 10.1. The summed E-state index contributed by atoms with van der Waals surface area (Å²) in [5, 5.41) is 0. The molecular formula is C12H16N2. The molecule has 74 valence electrons. The average molecular weight is 188 g/mol. The molecule has 0 radical (unpaired) electrons. The lowest BCUT2D eigenvalue weighted by Crippen LogP contribution is -1.78. The molecule has 0 saturated carbocycles. The van der Waals surface area contributed by atoms with Gasteiger partial charge in [-0.05, 0) is 24.1 Å². The Kier molecular flexibility index (Phi) is 5.33. The van der Waals surface area contributed by atoms with Crippen LogP contribution in [0.5, 0.6) is 0 Å². The highest BCUT2D eigenvalue weighted by Crippen LogP contribution is 1.97. The van der Waals surface area contributed by atoms with Crippen LogP contribution in [0.4, 0.5) is 0 Å². The molecule has 1 rings (SSSR count). The molecule has 0 aliphatic rings. The molecule has 0 aromatic carbocycles. The maximum Gasteiger partial charge on any atom is 0.0389 e. The SMILES string of the molecule is CCCCN=CC=Cc1cccnc1. The third-order valence-electron chi connectivity index (χ3n) is 1.81. The van der Waals surface area contributed by atoms with E-state index in [-0.39, 0.29) is 0 Å². The van der Waals surface area contributed by atoms with E-state index in [4.69, 9.17) is 0 Å². The van der Waals surface area contributed by atoms with E-state index < -0.39 is 0 Å². The highest BCUT2D eigenvalue weighted by molar-refractivity contribution is 5.77. The van der Waals surface area contributed by atoms with Crippen molar-refractivity contribution in [3.63, 3.8) is 0 Å². The minimum atomic E-state index is 0.924. The van der Waals surface area contributed by atoms with E-state index in [0.717, 1.165) is 18.5 Å². The molecule has 0 aliphatic carbocycles. The first-order valence-corrected chi connectivity index (χ1v) is 5.00. The molecule has 1 aromatic heterocycles. The third-order valence-corrected chi connectivity index (χ3v) is 1.81. The predicted octanol–water partition coefficient (Wildman–Crippen LogP) is 2.97. The van der Waals surface area contributed by atoms with Crippen LogP contribution in [-0.4, -0.2) is 17.7 Å². The summed E-state index contributed by atoms with van der Waals surface area (Å²) in [7, 11) is 0. The molecule has 0 aliphatic heterocycles. The number of allylic oxidation sites excluding steroid dienone is 1. The van der Waals surface area contributed by atoms with E-state index in [1.807, 2.05) is 36.7 Å². The highest BCUT2D eigenvalue weighted by Gasteiger charge is 1.81. The van der Waals surface area contributed by atoms with Crippen molar-refractivity contribution in [2.75, 3.05) is 6.54 Å². The fraction of sp³-hybridized carbons (Fsp3) is 0.333. The molecule has 0 atom stereocenters. The number of aliphatic imine (C=N–C) groups is 1. The van der Waals surface area contributed by atoms with E-state index in [2.05, 4.69) is 16.9 Å². The van der Waals surface area contributed by atoms with Crippen LogP contribution in [-0.2, 0) is 0 Å². The Morgan fingerprint density at radius 3 is 3.14 bits per heavy atom. The van der Waals surface area contributed by atoms with Crippen LogP contribution in [0.1, 0.15) is 25.3 Å². The summed E-state index contributed by atoms with van der Waals surface area (Å²) in [5.41, 5.74) is 1.11. The highest BCUT2D eigenvalue weighted by atomic mass is 14.7. The van der Waals surface area contributed by atoms with E-state index in [0.29, 0.717) is 0 Å². The first-order valence-electron chi connectivity index (χ1n) is 5.00. The van der Waals surface area contributed by atoms with Gasteiger partial charge in [0.05, 0.1) is 0 Å². The van der Waals surface area contributed by atoms with Gasteiger partial charge >= 0.3 is 0 Å². The number of hydrogen-bond acceptors (Lipinski definition) is 2. The Bertz CT molecular complexity index is 288. The Hall–Kier alpha value is -1.44. The van der Waals surface area contributed by atoms with Gasteiger partial charge in [0.25, 0.3) is 0 Å². The van der Waals surface area contributed by atoms with Gasteiger partial charge in [0.2, 0.25) is 0 Å². The second kappa shape index (κ2) is 7.01. The fourth-order valence-electron chi connectivity index (χ4n) is 1.01. The van der Waals surface area contributed by atoms with Gasteiger partial charge in [-0.25, -0.2) is 0 Å². The molecule has 14 heavy (non-hydrogen) atoms. The van der Waals surface area contributed by atoms with Crippen LogP contribution in [0.3, 0.4) is 0 Å². The molecule has 0 unspecified atom stereocenters. The zero-order valence-corrected chi connectivity index (χ0v) is 8.56. The second-order valence-electron chi connectivity index (χ2n) is 3.05. The summed E-state index contributed by atoms with van der Waals surface area (Å²) in [6.07, 6.45) is 11.8. The maximum absolute atomic E-state index is 4.24. The van der Waals surface area contributed by atoms with Gasteiger partial charge in [-0.2, -0.15) is 0 Å². The van der Waals surface area contributed by atoms with Gasteiger partial charge in [0.1, 0.15) is 0 Å². The summed E-state index contributed by atoms with van der Waals surface area (Å²) in [6, 6.07) is 3.94. The van der Waals surface area contributed by atoms with Gasteiger partial charge < -0.3 is 0 Å². The maximum atomic E-state index is 4.24. The molecule has 0 fully saturated rings. The van der Waals surface area contributed by atoms with Gasteiger partial charge in [0, 0.05) is 25.2 Å². The van der Waals surface area contributed by atoms with E-state index in [1.165, 1.54) is 6.42 Å².